The number of pyridine rings is 2. The van der Waals surface area contributed by atoms with Gasteiger partial charge in [0.15, 0.2) is 20.0 Å². The van der Waals surface area contributed by atoms with Gasteiger partial charge in [0, 0.05) is 29.8 Å². The molecule has 0 N–H and O–H groups in total. The third kappa shape index (κ3) is 4.42. The number of sulfone groups is 1. The average molecular weight is 442 g/mol. The van der Waals surface area contributed by atoms with Gasteiger partial charge in [0.1, 0.15) is 16.5 Å². The molecule has 0 saturated carbocycles. The van der Waals surface area contributed by atoms with E-state index in [0.29, 0.717) is 32.8 Å². The van der Waals surface area contributed by atoms with Crippen molar-refractivity contribution in [1.82, 2.24) is 15.0 Å². The predicted molar refractivity (Wildman–Crippen MR) is 111 cm³/mol. The van der Waals surface area contributed by atoms with Crippen LogP contribution in [0.25, 0.3) is 22.7 Å². The van der Waals surface area contributed by atoms with Crippen molar-refractivity contribution in [2.45, 2.75) is 22.1 Å². The quantitative estimate of drug-likeness (QED) is 0.440. The standard InChI is InChI=1S/C21H16FN3O3S2/c1-13-3-9-17(23-11-13)29-21-19(15-6-10-18(24-12-15)30(2,26)27)25-20(28-21)14-4-7-16(22)8-5-14/h3-12H,1-2H3. The molecule has 0 amide bonds. The number of aryl methyl sites for hydroxylation is 1. The minimum Gasteiger partial charge on any atom is -0.429 e. The van der Waals surface area contributed by atoms with Crippen LogP contribution < -0.4 is 0 Å². The summed E-state index contributed by atoms with van der Waals surface area (Å²) in [4.78, 5) is 13.0. The summed E-state index contributed by atoms with van der Waals surface area (Å²) in [7, 11) is -3.41. The van der Waals surface area contributed by atoms with E-state index in [1.54, 1.807) is 24.4 Å². The van der Waals surface area contributed by atoms with Crippen molar-refractivity contribution >= 4 is 21.6 Å². The second kappa shape index (κ2) is 8.00. The van der Waals surface area contributed by atoms with Gasteiger partial charge >= 0.3 is 0 Å². The topological polar surface area (TPSA) is 86.0 Å². The van der Waals surface area contributed by atoms with Crippen molar-refractivity contribution in [3.8, 4) is 22.7 Å². The number of hydrogen-bond donors (Lipinski definition) is 0. The van der Waals surface area contributed by atoms with E-state index >= 15 is 0 Å². The first-order chi connectivity index (χ1) is 14.3. The first kappa shape index (κ1) is 20.2. The van der Waals surface area contributed by atoms with Crippen LogP contribution in [0.15, 0.2) is 80.5 Å². The normalized spacial score (nSPS) is 11.6. The van der Waals surface area contributed by atoms with Crippen LogP contribution in [0.3, 0.4) is 0 Å². The number of hydrogen-bond acceptors (Lipinski definition) is 7. The van der Waals surface area contributed by atoms with Crippen LogP contribution in [-0.2, 0) is 9.84 Å². The highest BCUT2D eigenvalue weighted by Crippen LogP contribution is 2.38. The highest BCUT2D eigenvalue weighted by atomic mass is 32.2. The molecule has 30 heavy (non-hydrogen) atoms. The Morgan fingerprint density at radius 1 is 0.933 bits per heavy atom. The Balaban J connectivity index is 1.78. The van der Waals surface area contributed by atoms with Crippen molar-refractivity contribution in [2.24, 2.45) is 0 Å². The minimum atomic E-state index is -3.41. The van der Waals surface area contributed by atoms with Crippen molar-refractivity contribution in [3.63, 3.8) is 0 Å². The molecule has 3 aromatic heterocycles. The summed E-state index contributed by atoms with van der Waals surface area (Å²) in [5.74, 6) is -0.0450. The van der Waals surface area contributed by atoms with Crippen LogP contribution in [0.2, 0.25) is 0 Å². The Morgan fingerprint density at radius 2 is 1.67 bits per heavy atom. The Morgan fingerprint density at radius 3 is 2.27 bits per heavy atom. The van der Waals surface area contributed by atoms with Crippen LogP contribution in [0.5, 0.6) is 0 Å². The molecule has 1 aromatic carbocycles. The molecule has 3 heterocycles. The number of rotatable bonds is 5. The molecule has 0 radical (unpaired) electrons. The highest BCUT2D eigenvalue weighted by Gasteiger charge is 2.19. The van der Waals surface area contributed by atoms with E-state index in [0.717, 1.165) is 11.8 Å². The van der Waals surface area contributed by atoms with Gasteiger partial charge < -0.3 is 4.42 Å². The molecule has 0 aliphatic rings. The summed E-state index contributed by atoms with van der Waals surface area (Å²) in [5.41, 5.74) is 2.73. The Labute approximate surface area is 177 Å². The zero-order valence-corrected chi connectivity index (χ0v) is 17.7. The third-order valence-corrected chi connectivity index (χ3v) is 6.07. The fraction of sp³-hybridized carbons (Fsp3) is 0.0952. The number of halogens is 1. The van der Waals surface area contributed by atoms with Crippen LogP contribution in [-0.4, -0.2) is 29.6 Å². The molecule has 0 aliphatic carbocycles. The van der Waals surface area contributed by atoms with Gasteiger partial charge in [-0.05, 0) is 66.7 Å². The Hall–Kier alpha value is -3.04. The summed E-state index contributed by atoms with van der Waals surface area (Å²) in [6.45, 7) is 1.95. The van der Waals surface area contributed by atoms with E-state index < -0.39 is 9.84 Å². The second-order valence-electron chi connectivity index (χ2n) is 6.60. The number of nitrogens with zero attached hydrogens (tertiary/aromatic N) is 3. The molecule has 0 unspecified atom stereocenters. The average Bonchev–Trinajstić information content (AvgIpc) is 3.13. The van der Waals surface area contributed by atoms with Gasteiger partial charge in [0.2, 0.25) is 5.89 Å². The maximum Gasteiger partial charge on any atom is 0.228 e. The van der Waals surface area contributed by atoms with Crippen LogP contribution >= 0.6 is 11.8 Å². The van der Waals surface area contributed by atoms with Crippen LogP contribution in [0.1, 0.15) is 5.56 Å². The van der Waals surface area contributed by atoms with E-state index in [2.05, 4.69) is 15.0 Å². The molecule has 9 heteroatoms. The Kier molecular flexibility index (Phi) is 5.40. The summed E-state index contributed by atoms with van der Waals surface area (Å²) in [6, 6.07) is 12.7. The predicted octanol–water partition coefficient (Wildman–Crippen LogP) is 4.80. The molecule has 4 aromatic rings. The maximum atomic E-state index is 13.3. The molecule has 0 saturated heterocycles. The molecule has 0 fully saturated rings. The summed E-state index contributed by atoms with van der Waals surface area (Å²) >= 11 is 1.29. The lowest BCUT2D eigenvalue weighted by Crippen LogP contribution is -1.99. The molecule has 152 valence electrons. The third-order valence-electron chi connectivity index (χ3n) is 4.16. The summed E-state index contributed by atoms with van der Waals surface area (Å²) < 4.78 is 42.6. The fourth-order valence-electron chi connectivity index (χ4n) is 2.62. The molecule has 0 spiro atoms. The smallest absolute Gasteiger partial charge is 0.228 e. The SMILES string of the molecule is Cc1ccc(Sc2oc(-c3ccc(F)cc3)nc2-c2ccc(S(C)(=O)=O)nc2)nc1. The summed E-state index contributed by atoms with van der Waals surface area (Å²) in [6.07, 6.45) is 4.29. The molecular formula is C21H16FN3O3S2. The lowest BCUT2D eigenvalue weighted by Gasteiger charge is -2.02. The van der Waals surface area contributed by atoms with Crippen LogP contribution in [0, 0.1) is 12.7 Å². The fourth-order valence-corrected chi connectivity index (χ4v) is 3.99. The lowest BCUT2D eigenvalue weighted by molar-refractivity contribution is 0.485. The Bertz CT molecular complexity index is 1290. The molecule has 0 atom stereocenters. The minimum absolute atomic E-state index is 0.0251. The maximum absolute atomic E-state index is 13.3. The van der Waals surface area contributed by atoms with Gasteiger partial charge in [0.25, 0.3) is 0 Å². The molecule has 6 nitrogen and oxygen atoms in total. The van der Waals surface area contributed by atoms with Gasteiger partial charge in [-0.15, -0.1) is 0 Å². The zero-order valence-electron chi connectivity index (χ0n) is 16.0. The van der Waals surface area contributed by atoms with Gasteiger partial charge in [-0.3, -0.25) is 0 Å². The van der Waals surface area contributed by atoms with Crippen LogP contribution in [0.4, 0.5) is 4.39 Å². The number of aromatic nitrogens is 3. The van der Waals surface area contributed by atoms with Crippen molar-refractivity contribution in [1.29, 1.82) is 0 Å². The monoisotopic (exact) mass is 441 g/mol. The van der Waals surface area contributed by atoms with Gasteiger partial charge in [-0.1, -0.05) is 6.07 Å². The van der Waals surface area contributed by atoms with Crippen molar-refractivity contribution < 1.29 is 17.2 Å². The van der Waals surface area contributed by atoms with E-state index in [1.807, 2.05) is 19.1 Å². The zero-order chi connectivity index (χ0) is 21.3. The molecule has 0 aliphatic heterocycles. The van der Waals surface area contributed by atoms with Gasteiger partial charge in [-0.25, -0.2) is 27.8 Å². The van der Waals surface area contributed by atoms with E-state index in [-0.39, 0.29) is 10.8 Å². The summed E-state index contributed by atoms with van der Waals surface area (Å²) in [5, 5.41) is 1.16. The number of benzene rings is 1. The second-order valence-corrected chi connectivity index (χ2v) is 9.55. The number of oxazole rings is 1. The van der Waals surface area contributed by atoms with Crippen molar-refractivity contribution in [3.05, 3.63) is 72.3 Å². The van der Waals surface area contributed by atoms with Crippen molar-refractivity contribution in [2.75, 3.05) is 6.26 Å². The highest BCUT2D eigenvalue weighted by molar-refractivity contribution is 7.99. The largest absolute Gasteiger partial charge is 0.429 e. The van der Waals surface area contributed by atoms with E-state index in [1.165, 1.54) is 36.2 Å². The molecule has 4 rings (SSSR count). The van der Waals surface area contributed by atoms with E-state index in [4.69, 9.17) is 4.42 Å². The van der Waals surface area contributed by atoms with Gasteiger partial charge in [0.05, 0.1) is 0 Å². The molecule has 0 bridgehead atoms. The van der Waals surface area contributed by atoms with E-state index in [9.17, 15) is 12.8 Å². The van der Waals surface area contributed by atoms with Gasteiger partial charge in [-0.2, -0.15) is 0 Å². The first-order valence-electron chi connectivity index (χ1n) is 8.83. The first-order valence-corrected chi connectivity index (χ1v) is 11.5. The lowest BCUT2D eigenvalue weighted by atomic mass is 10.2. The molecular weight excluding hydrogens is 425 g/mol.